The fourth-order valence-corrected chi connectivity index (χ4v) is 4.69. The van der Waals surface area contributed by atoms with Gasteiger partial charge < -0.3 is 14.7 Å². The van der Waals surface area contributed by atoms with E-state index >= 15 is 0 Å². The number of aromatic nitrogens is 1. The lowest BCUT2D eigenvalue weighted by Crippen LogP contribution is -3.14. The summed E-state index contributed by atoms with van der Waals surface area (Å²) in [5, 5.41) is 16.6. The van der Waals surface area contributed by atoms with E-state index in [1.807, 2.05) is 60.0 Å². The van der Waals surface area contributed by atoms with E-state index in [9.17, 15) is 9.90 Å². The van der Waals surface area contributed by atoms with Gasteiger partial charge in [-0.25, -0.2) is 4.98 Å². The Labute approximate surface area is 180 Å². The van der Waals surface area contributed by atoms with Gasteiger partial charge in [-0.1, -0.05) is 48.5 Å². The number of piperidine rings is 1. The number of anilines is 1. The quantitative estimate of drug-likeness (QED) is 0.568. The predicted octanol–water partition coefficient (Wildman–Crippen LogP) is 2.32. The Morgan fingerprint density at radius 1 is 1.17 bits per heavy atom. The molecule has 1 fully saturated rings. The lowest BCUT2D eigenvalue weighted by molar-refractivity contribution is -0.899. The molecule has 156 valence electrons. The maximum absolute atomic E-state index is 12.5. The van der Waals surface area contributed by atoms with Crippen molar-refractivity contribution < 1.29 is 19.5 Å². The molecule has 3 aromatic rings. The first-order valence-electron chi connectivity index (χ1n) is 10.1. The number of carbonyl (C=O) groups is 1. The second kappa shape index (κ2) is 8.95. The zero-order chi connectivity index (χ0) is 21.0. The van der Waals surface area contributed by atoms with Gasteiger partial charge >= 0.3 is 0 Å². The molecule has 0 aliphatic carbocycles. The zero-order valence-corrected chi connectivity index (χ0v) is 17.7. The summed E-state index contributed by atoms with van der Waals surface area (Å²) in [6.07, 6.45) is 1.18. The summed E-state index contributed by atoms with van der Waals surface area (Å²) < 4.78 is 5.42. The first-order chi connectivity index (χ1) is 14.6. The van der Waals surface area contributed by atoms with Crippen LogP contribution in [0.15, 0.2) is 60.0 Å². The number of hydrogen-bond donors (Lipinski definition) is 3. The van der Waals surface area contributed by atoms with E-state index in [1.54, 1.807) is 7.11 Å². The summed E-state index contributed by atoms with van der Waals surface area (Å²) in [7, 11) is 1.62. The van der Waals surface area contributed by atoms with Crippen molar-refractivity contribution >= 4 is 22.4 Å². The number of nitrogens with one attached hydrogen (secondary N) is 2. The summed E-state index contributed by atoms with van der Waals surface area (Å²) in [4.78, 5) is 18.2. The summed E-state index contributed by atoms with van der Waals surface area (Å²) in [5.41, 5.74) is 1.81. The van der Waals surface area contributed by atoms with Gasteiger partial charge in [0.05, 0.1) is 25.9 Å². The van der Waals surface area contributed by atoms with E-state index in [2.05, 4.69) is 10.3 Å². The van der Waals surface area contributed by atoms with Gasteiger partial charge in [-0.3, -0.25) is 10.1 Å². The molecule has 0 atom stereocenters. The van der Waals surface area contributed by atoms with Gasteiger partial charge in [-0.2, -0.15) is 0 Å². The fourth-order valence-electron chi connectivity index (χ4n) is 3.96. The maximum atomic E-state index is 12.5. The number of methoxy groups -OCH3 is 1. The predicted molar refractivity (Wildman–Crippen MR) is 118 cm³/mol. The Morgan fingerprint density at radius 3 is 2.60 bits per heavy atom. The molecule has 0 spiro atoms. The number of quaternary nitrogens is 1. The molecule has 4 rings (SSSR count). The molecular weight excluding hydrogens is 398 g/mol. The maximum Gasteiger partial charge on any atom is 0.281 e. The highest BCUT2D eigenvalue weighted by Gasteiger charge is 2.38. The Balaban J connectivity index is 1.32. The molecule has 0 unspecified atom stereocenters. The van der Waals surface area contributed by atoms with Crippen molar-refractivity contribution in [2.45, 2.75) is 18.4 Å². The number of rotatable bonds is 6. The van der Waals surface area contributed by atoms with Crippen LogP contribution in [0.2, 0.25) is 0 Å². The Hall–Kier alpha value is -2.74. The standard InChI is InChI=1S/C23H25N3O3S/c1-29-20-10-6-5-9-18(20)23(28)11-13-26(14-12-23)15-21(27)25-22-24-19(16-30-22)17-7-3-2-4-8-17/h2-10,16,28H,11-15H2,1H3,(H,24,25,27)/p+1. The molecule has 3 N–H and O–H groups in total. The molecule has 2 aromatic carbocycles. The van der Waals surface area contributed by atoms with Crippen LogP contribution in [-0.2, 0) is 10.4 Å². The van der Waals surface area contributed by atoms with Crippen molar-refractivity contribution in [2.75, 3.05) is 32.1 Å². The van der Waals surface area contributed by atoms with Crippen LogP contribution in [0.25, 0.3) is 11.3 Å². The van der Waals surface area contributed by atoms with E-state index < -0.39 is 5.60 Å². The van der Waals surface area contributed by atoms with Crippen LogP contribution < -0.4 is 15.0 Å². The SMILES string of the molecule is COc1ccccc1C1(O)CC[NH+](CC(=O)Nc2nc(-c3ccccc3)cs2)CC1. The van der Waals surface area contributed by atoms with Crippen molar-refractivity contribution in [1.82, 2.24) is 4.98 Å². The van der Waals surface area contributed by atoms with Crippen LogP contribution in [0.4, 0.5) is 5.13 Å². The minimum Gasteiger partial charge on any atom is -0.496 e. The number of para-hydroxylation sites is 1. The largest absolute Gasteiger partial charge is 0.496 e. The molecule has 0 saturated carbocycles. The molecular formula is C23H26N3O3S+. The molecule has 1 saturated heterocycles. The van der Waals surface area contributed by atoms with Gasteiger partial charge in [-0.15, -0.1) is 11.3 Å². The lowest BCUT2D eigenvalue weighted by Gasteiger charge is -2.36. The van der Waals surface area contributed by atoms with Crippen LogP contribution in [0.1, 0.15) is 18.4 Å². The number of hydrogen-bond acceptors (Lipinski definition) is 5. The van der Waals surface area contributed by atoms with Crippen molar-refractivity contribution in [3.63, 3.8) is 0 Å². The number of aliphatic hydroxyl groups is 1. The average Bonchev–Trinajstić information content (AvgIpc) is 3.24. The number of carbonyl (C=O) groups excluding carboxylic acids is 1. The average molecular weight is 425 g/mol. The van der Waals surface area contributed by atoms with Gasteiger partial charge in [0, 0.05) is 29.3 Å². The summed E-state index contributed by atoms with van der Waals surface area (Å²) in [6.45, 7) is 1.80. The molecule has 1 aliphatic rings. The number of ether oxygens (including phenoxy) is 1. The minimum absolute atomic E-state index is 0.0540. The van der Waals surface area contributed by atoms with Gasteiger partial charge in [0.25, 0.3) is 5.91 Å². The molecule has 0 bridgehead atoms. The highest BCUT2D eigenvalue weighted by Crippen LogP contribution is 2.35. The highest BCUT2D eigenvalue weighted by molar-refractivity contribution is 7.14. The smallest absolute Gasteiger partial charge is 0.281 e. The zero-order valence-electron chi connectivity index (χ0n) is 16.9. The third kappa shape index (κ3) is 4.53. The second-order valence-corrected chi connectivity index (χ2v) is 8.47. The van der Waals surface area contributed by atoms with Gasteiger partial charge in [-0.05, 0) is 6.07 Å². The molecule has 1 aromatic heterocycles. The molecule has 6 nitrogen and oxygen atoms in total. The van der Waals surface area contributed by atoms with Crippen molar-refractivity contribution in [1.29, 1.82) is 0 Å². The van der Waals surface area contributed by atoms with Crippen LogP contribution in [0.5, 0.6) is 5.75 Å². The number of nitrogens with zero attached hydrogens (tertiary/aromatic N) is 1. The van der Waals surface area contributed by atoms with Crippen LogP contribution in [0, 0.1) is 0 Å². The molecule has 1 amide bonds. The highest BCUT2D eigenvalue weighted by atomic mass is 32.1. The topological polar surface area (TPSA) is 75.9 Å². The van der Waals surface area contributed by atoms with E-state index in [0.717, 1.165) is 34.8 Å². The van der Waals surface area contributed by atoms with Gasteiger partial charge in [0.15, 0.2) is 11.7 Å². The van der Waals surface area contributed by atoms with Crippen molar-refractivity contribution in [2.24, 2.45) is 0 Å². The minimum atomic E-state index is -0.910. The summed E-state index contributed by atoms with van der Waals surface area (Å²) in [5.74, 6) is 0.654. The number of amides is 1. The Morgan fingerprint density at radius 2 is 1.87 bits per heavy atom. The molecule has 1 aliphatic heterocycles. The molecule has 30 heavy (non-hydrogen) atoms. The van der Waals surface area contributed by atoms with Crippen molar-refractivity contribution in [3.8, 4) is 17.0 Å². The van der Waals surface area contributed by atoms with E-state index in [1.165, 1.54) is 11.3 Å². The first-order valence-corrected chi connectivity index (χ1v) is 11.0. The van der Waals surface area contributed by atoms with E-state index in [4.69, 9.17) is 4.74 Å². The molecule has 7 heteroatoms. The number of thiazole rings is 1. The Bertz CT molecular complexity index is 998. The fraction of sp³-hybridized carbons (Fsp3) is 0.304. The monoisotopic (exact) mass is 424 g/mol. The first kappa shape index (κ1) is 20.5. The normalized spacial score (nSPS) is 21.2. The second-order valence-electron chi connectivity index (χ2n) is 7.61. The third-order valence-corrected chi connectivity index (χ3v) is 6.38. The molecule has 0 radical (unpaired) electrons. The number of benzene rings is 2. The Kier molecular flexibility index (Phi) is 6.13. The number of likely N-dealkylation sites (tertiary alicyclic amines) is 1. The molecule has 2 heterocycles. The van der Waals surface area contributed by atoms with Crippen molar-refractivity contribution in [3.05, 3.63) is 65.5 Å². The van der Waals surface area contributed by atoms with E-state index in [-0.39, 0.29) is 5.91 Å². The van der Waals surface area contributed by atoms with Crippen LogP contribution in [-0.4, -0.2) is 42.7 Å². The third-order valence-electron chi connectivity index (χ3n) is 5.62. The van der Waals surface area contributed by atoms with E-state index in [0.29, 0.717) is 30.3 Å². The summed E-state index contributed by atoms with van der Waals surface area (Å²) >= 11 is 1.43. The lowest BCUT2D eigenvalue weighted by atomic mass is 9.84. The van der Waals surface area contributed by atoms with Crippen LogP contribution >= 0.6 is 11.3 Å². The van der Waals surface area contributed by atoms with Crippen LogP contribution in [0.3, 0.4) is 0 Å². The van der Waals surface area contributed by atoms with Gasteiger partial charge in [0.1, 0.15) is 11.4 Å². The van der Waals surface area contributed by atoms with Gasteiger partial charge in [0.2, 0.25) is 0 Å². The summed E-state index contributed by atoms with van der Waals surface area (Å²) in [6, 6.07) is 17.5.